The molecule has 0 aliphatic heterocycles. The van der Waals surface area contributed by atoms with Crippen molar-refractivity contribution in [3.05, 3.63) is 41.7 Å². The lowest BCUT2D eigenvalue weighted by molar-refractivity contribution is 0.238. The van der Waals surface area contributed by atoms with Crippen molar-refractivity contribution in [2.75, 3.05) is 6.54 Å². The van der Waals surface area contributed by atoms with Crippen molar-refractivity contribution in [1.82, 2.24) is 0 Å². The monoisotopic (exact) mass is 161 g/mol. The van der Waals surface area contributed by atoms with Gasteiger partial charge in [0.25, 0.3) is 6.54 Å². The van der Waals surface area contributed by atoms with Crippen molar-refractivity contribution in [2.45, 2.75) is 13.0 Å². The first-order chi connectivity index (χ1) is 5.83. The SMILES string of the molecule is [C-]#[N+]CC(C)Oc1ccccc1. The zero-order chi connectivity index (χ0) is 8.81. The standard InChI is InChI=1S/C10H11NO/c1-9(8-11-2)12-10-6-4-3-5-7-10/h3-7,9H,8H2,1H3. The summed E-state index contributed by atoms with van der Waals surface area (Å²) in [5.41, 5.74) is 0. The van der Waals surface area contributed by atoms with Crippen molar-refractivity contribution in [3.63, 3.8) is 0 Å². The van der Waals surface area contributed by atoms with Gasteiger partial charge in [0, 0.05) is 0 Å². The van der Waals surface area contributed by atoms with E-state index in [1.807, 2.05) is 37.3 Å². The lowest BCUT2D eigenvalue weighted by Gasteiger charge is -2.08. The fourth-order valence-electron chi connectivity index (χ4n) is 0.897. The Labute approximate surface area is 72.6 Å². The molecule has 0 saturated carbocycles. The zero-order valence-electron chi connectivity index (χ0n) is 7.03. The summed E-state index contributed by atoms with van der Waals surface area (Å²) in [5.74, 6) is 0.827. The second-order valence-corrected chi connectivity index (χ2v) is 2.58. The highest BCUT2D eigenvalue weighted by molar-refractivity contribution is 5.21. The third-order valence-corrected chi connectivity index (χ3v) is 1.43. The number of ether oxygens (including phenoxy) is 1. The van der Waals surface area contributed by atoms with Gasteiger partial charge in [0.1, 0.15) is 5.75 Å². The minimum absolute atomic E-state index is 0.0232. The van der Waals surface area contributed by atoms with Gasteiger partial charge in [-0.25, -0.2) is 6.57 Å². The number of nitrogens with zero attached hydrogens (tertiary/aromatic N) is 1. The molecule has 1 aromatic rings. The molecule has 1 unspecified atom stereocenters. The fourth-order valence-corrected chi connectivity index (χ4v) is 0.897. The molecule has 0 aliphatic rings. The van der Waals surface area contributed by atoms with E-state index in [4.69, 9.17) is 11.3 Å². The van der Waals surface area contributed by atoms with Crippen molar-refractivity contribution >= 4 is 0 Å². The van der Waals surface area contributed by atoms with Gasteiger partial charge in [0.05, 0.1) is 0 Å². The third-order valence-electron chi connectivity index (χ3n) is 1.43. The van der Waals surface area contributed by atoms with Crippen LogP contribution in [0.1, 0.15) is 6.92 Å². The Morgan fingerprint density at radius 1 is 1.42 bits per heavy atom. The Hall–Kier alpha value is -1.49. The Bertz CT molecular complexity index is 263. The number of para-hydroxylation sites is 1. The summed E-state index contributed by atoms with van der Waals surface area (Å²) in [7, 11) is 0. The third kappa shape index (κ3) is 2.63. The van der Waals surface area contributed by atoms with Crippen molar-refractivity contribution in [3.8, 4) is 5.75 Å². The first kappa shape index (κ1) is 8.61. The van der Waals surface area contributed by atoms with E-state index in [9.17, 15) is 0 Å². The molecule has 62 valence electrons. The lowest BCUT2D eigenvalue weighted by Crippen LogP contribution is -2.14. The number of rotatable bonds is 3. The van der Waals surface area contributed by atoms with Gasteiger partial charge in [0.2, 0.25) is 0 Å². The topological polar surface area (TPSA) is 13.6 Å². The molecule has 0 aliphatic carbocycles. The molecule has 0 N–H and O–H groups in total. The van der Waals surface area contributed by atoms with Crippen LogP contribution in [0.5, 0.6) is 5.75 Å². The molecule has 0 radical (unpaired) electrons. The van der Waals surface area contributed by atoms with Gasteiger partial charge in [-0.05, 0) is 19.1 Å². The summed E-state index contributed by atoms with van der Waals surface area (Å²) in [6.07, 6.45) is -0.0232. The van der Waals surface area contributed by atoms with Gasteiger partial charge in [-0.3, -0.25) is 0 Å². The van der Waals surface area contributed by atoms with E-state index in [1.54, 1.807) is 0 Å². The summed E-state index contributed by atoms with van der Waals surface area (Å²) < 4.78 is 5.44. The second kappa shape index (κ2) is 4.40. The summed E-state index contributed by atoms with van der Waals surface area (Å²) >= 11 is 0. The van der Waals surface area contributed by atoms with Crippen LogP contribution in [-0.4, -0.2) is 12.6 Å². The molecule has 0 spiro atoms. The van der Waals surface area contributed by atoms with Gasteiger partial charge in [-0.2, -0.15) is 0 Å². The van der Waals surface area contributed by atoms with Crippen LogP contribution in [0.2, 0.25) is 0 Å². The molecule has 1 rings (SSSR count). The zero-order valence-corrected chi connectivity index (χ0v) is 7.03. The highest BCUT2D eigenvalue weighted by Gasteiger charge is 2.04. The van der Waals surface area contributed by atoms with Crippen LogP contribution in [0.3, 0.4) is 0 Å². The molecule has 2 nitrogen and oxygen atoms in total. The largest absolute Gasteiger partial charge is 0.483 e. The maximum atomic E-state index is 6.64. The summed E-state index contributed by atoms with van der Waals surface area (Å²) in [6, 6.07) is 9.55. The molecular formula is C10H11NO. The quantitative estimate of drug-likeness (QED) is 0.620. The van der Waals surface area contributed by atoms with Gasteiger partial charge in [-0.15, -0.1) is 0 Å². The van der Waals surface area contributed by atoms with E-state index < -0.39 is 0 Å². The molecular weight excluding hydrogens is 150 g/mol. The van der Waals surface area contributed by atoms with Crippen LogP contribution in [0.15, 0.2) is 30.3 Å². The Balaban J connectivity index is 2.48. The summed E-state index contributed by atoms with van der Waals surface area (Å²) in [4.78, 5) is 3.26. The van der Waals surface area contributed by atoms with E-state index >= 15 is 0 Å². The van der Waals surface area contributed by atoms with E-state index in [0.717, 1.165) is 5.75 Å². The van der Waals surface area contributed by atoms with Crippen LogP contribution >= 0.6 is 0 Å². The van der Waals surface area contributed by atoms with Crippen LogP contribution in [0.4, 0.5) is 0 Å². The summed E-state index contributed by atoms with van der Waals surface area (Å²) in [6.45, 7) is 8.95. The average Bonchev–Trinajstić information content (AvgIpc) is 2.06. The number of hydrogen-bond acceptors (Lipinski definition) is 1. The Morgan fingerprint density at radius 3 is 2.67 bits per heavy atom. The average molecular weight is 161 g/mol. The maximum Gasteiger partial charge on any atom is 0.250 e. The van der Waals surface area contributed by atoms with Crippen LogP contribution in [-0.2, 0) is 0 Å². The second-order valence-electron chi connectivity index (χ2n) is 2.58. The smallest absolute Gasteiger partial charge is 0.250 e. The van der Waals surface area contributed by atoms with Gasteiger partial charge >= 0.3 is 0 Å². The normalized spacial score (nSPS) is 11.7. The van der Waals surface area contributed by atoms with Gasteiger partial charge in [0.15, 0.2) is 6.10 Å². The van der Waals surface area contributed by atoms with Crippen LogP contribution in [0, 0.1) is 6.57 Å². The fraction of sp³-hybridized carbons (Fsp3) is 0.300. The Morgan fingerprint density at radius 2 is 2.08 bits per heavy atom. The predicted octanol–water partition coefficient (Wildman–Crippen LogP) is 2.37. The molecule has 2 heteroatoms. The maximum absolute atomic E-state index is 6.64. The highest BCUT2D eigenvalue weighted by atomic mass is 16.5. The van der Waals surface area contributed by atoms with E-state index in [2.05, 4.69) is 4.85 Å². The highest BCUT2D eigenvalue weighted by Crippen LogP contribution is 2.10. The first-order valence-electron chi connectivity index (χ1n) is 3.88. The van der Waals surface area contributed by atoms with Crippen molar-refractivity contribution < 1.29 is 4.74 Å². The minimum atomic E-state index is -0.0232. The number of hydrogen-bond donors (Lipinski definition) is 0. The molecule has 0 amide bonds. The van der Waals surface area contributed by atoms with Crippen molar-refractivity contribution in [1.29, 1.82) is 0 Å². The Kier molecular flexibility index (Phi) is 3.16. The molecule has 0 saturated heterocycles. The molecule has 0 heterocycles. The molecule has 0 aromatic heterocycles. The number of benzene rings is 1. The van der Waals surface area contributed by atoms with E-state index in [-0.39, 0.29) is 6.10 Å². The van der Waals surface area contributed by atoms with Gasteiger partial charge < -0.3 is 9.58 Å². The molecule has 0 bridgehead atoms. The van der Waals surface area contributed by atoms with Crippen LogP contribution in [0.25, 0.3) is 4.85 Å². The first-order valence-corrected chi connectivity index (χ1v) is 3.88. The predicted molar refractivity (Wildman–Crippen MR) is 48.0 cm³/mol. The minimum Gasteiger partial charge on any atom is -0.483 e. The van der Waals surface area contributed by atoms with Crippen LogP contribution < -0.4 is 4.74 Å². The summed E-state index contributed by atoms with van der Waals surface area (Å²) in [5, 5.41) is 0. The molecule has 1 aromatic carbocycles. The molecule has 1 atom stereocenters. The van der Waals surface area contributed by atoms with E-state index in [1.165, 1.54) is 0 Å². The molecule has 0 fully saturated rings. The lowest BCUT2D eigenvalue weighted by atomic mass is 10.3. The molecule has 12 heavy (non-hydrogen) atoms. The van der Waals surface area contributed by atoms with E-state index in [0.29, 0.717) is 6.54 Å². The van der Waals surface area contributed by atoms with Gasteiger partial charge in [-0.1, -0.05) is 18.2 Å². The van der Waals surface area contributed by atoms with Crippen molar-refractivity contribution in [2.24, 2.45) is 0 Å².